The molecule has 2 heteroatoms. The summed E-state index contributed by atoms with van der Waals surface area (Å²) in [7, 11) is 0. The summed E-state index contributed by atoms with van der Waals surface area (Å²) in [6, 6.07) is 20.2. The SMILES string of the molecule is c1ccc(-c2cccc([C]34[CH]5[CH]6[CH]7[CH]3[Fe]6754389%10[CH]4[CH]3[CH]8[CH]9[CH]4%10)c2[C]23[CH]4[CH]5[CH]6[CH]2[Fe]56432789[CH]3[CH]2[CH]7[CH]8[CH]39)cc1. The summed E-state index contributed by atoms with van der Waals surface area (Å²) in [6.45, 7) is -6.46. The molecule has 20 fully saturated rings. The topological polar surface area (TPSA) is 0 Å². The molecule has 8 unspecified atom stereocenters. The zero-order valence-corrected chi connectivity index (χ0v) is 20.9. The van der Waals surface area contributed by atoms with Gasteiger partial charge in [0.25, 0.3) is 0 Å². The predicted molar refractivity (Wildman–Crippen MR) is 123 cm³/mol. The molecule has 2 aromatic carbocycles. The molecule has 20 heterocycles. The number of hydrogen-bond acceptors (Lipinski definition) is 0. The van der Waals surface area contributed by atoms with Crippen molar-refractivity contribution in [2.24, 2.45) is 0 Å². The first-order chi connectivity index (χ1) is 16.3. The maximum atomic E-state index is 2.91. The van der Waals surface area contributed by atoms with Crippen LogP contribution in [0.15, 0.2) is 48.5 Å². The molecule has 0 bridgehead atoms. The van der Waals surface area contributed by atoms with Gasteiger partial charge in [-0.2, -0.15) is 0 Å². The van der Waals surface area contributed by atoms with Crippen LogP contribution >= 0.6 is 0 Å². The fourth-order valence-corrected chi connectivity index (χ4v) is 184. The van der Waals surface area contributed by atoms with Gasteiger partial charge in [-0.05, 0) is 0 Å². The number of fused-ring (bicyclic) bond motifs is 20. The summed E-state index contributed by atoms with van der Waals surface area (Å²) in [5.74, 6) is 0. The fraction of sp³-hybridized carbons (Fsp3) is 0.625. The zero-order chi connectivity index (χ0) is 20.0. The molecule has 0 amide bonds. The van der Waals surface area contributed by atoms with Crippen molar-refractivity contribution in [1.82, 2.24) is 0 Å². The Balaban J connectivity index is 1.06. The molecule has 0 aliphatic carbocycles. The molecule has 0 radical (unpaired) electrons. The third-order valence-corrected chi connectivity index (χ3v) is 117. The molecule has 170 valence electrons. The van der Waals surface area contributed by atoms with Gasteiger partial charge in [-0.15, -0.1) is 0 Å². The van der Waals surface area contributed by atoms with Gasteiger partial charge < -0.3 is 0 Å². The Morgan fingerprint density at radius 2 is 0.912 bits per heavy atom. The van der Waals surface area contributed by atoms with Crippen molar-refractivity contribution in [3.05, 3.63) is 59.7 Å². The molecule has 34 heavy (non-hydrogen) atoms. The third-order valence-electron chi connectivity index (χ3n) is 32.3. The van der Waals surface area contributed by atoms with Crippen molar-refractivity contribution in [3.63, 3.8) is 0 Å². The molecular formula is C32H26Fe2. The average Bonchev–Trinajstić information content (AvgIpc) is 3.77. The molecule has 20 aliphatic rings. The van der Waals surface area contributed by atoms with Crippen molar-refractivity contribution in [1.29, 1.82) is 0 Å². The second kappa shape index (κ2) is 1.05. The standard InChI is InChI=1S/C22H16.2C5H5.2Fe/c1-2-9-17(10-3-1)20-15-8-16-21(18-11-4-5-12-18)22(20)19-13-6-7-14-19;2*1-2-4-5-3-1;;/h1-16H;2*1-5H;;. The Morgan fingerprint density at radius 3 is 1.32 bits per heavy atom. The summed E-state index contributed by atoms with van der Waals surface area (Å²) in [5, 5.41) is 0. The van der Waals surface area contributed by atoms with Crippen LogP contribution in [0.3, 0.4) is 0 Å². The minimum atomic E-state index is -3.26. The summed E-state index contributed by atoms with van der Waals surface area (Å²) in [4.78, 5) is 26.2. The van der Waals surface area contributed by atoms with Gasteiger partial charge in [-0.25, -0.2) is 0 Å². The van der Waals surface area contributed by atoms with Gasteiger partial charge in [0.15, 0.2) is 0 Å². The van der Waals surface area contributed by atoms with Crippen LogP contribution in [-0.2, 0) is 21.6 Å². The van der Waals surface area contributed by atoms with Crippen molar-refractivity contribution in [2.75, 3.05) is 0 Å². The summed E-state index contributed by atoms with van der Waals surface area (Å²) >= 11 is 0. The van der Waals surface area contributed by atoms with Crippen LogP contribution in [0.1, 0.15) is 11.1 Å². The molecular weight excluding hydrogens is 496 g/mol. The van der Waals surface area contributed by atoms with Crippen LogP contribution < -0.4 is 0 Å². The average molecular weight is 522 g/mol. The van der Waals surface area contributed by atoms with E-state index in [1.54, 1.807) is 5.56 Å². The maximum absolute atomic E-state index is 3.26. The zero-order valence-electron chi connectivity index (χ0n) is 18.7. The van der Waals surface area contributed by atoms with E-state index >= 15 is 0 Å². The number of hydrogen-bond donors (Lipinski definition) is 0. The molecule has 22 rings (SSSR count). The van der Waals surface area contributed by atoms with Crippen LogP contribution in [0.2, 0.25) is 86.7 Å². The van der Waals surface area contributed by atoms with Gasteiger partial charge in [-0.3, -0.25) is 0 Å². The first-order valence-electron chi connectivity index (χ1n) is 14.9. The Bertz CT molecular complexity index is 2540. The fourth-order valence-electron chi connectivity index (χ4n) is 35.9. The Kier molecular flexibility index (Phi) is 0.366. The van der Waals surface area contributed by atoms with Gasteiger partial charge in [0.2, 0.25) is 0 Å². The van der Waals surface area contributed by atoms with E-state index in [0.29, 0.717) is 0 Å². The van der Waals surface area contributed by atoms with Gasteiger partial charge in [-0.1, -0.05) is 0 Å². The summed E-state index contributed by atoms with van der Waals surface area (Å²) in [6.07, 6.45) is 0. The number of benzene rings is 2. The first kappa shape index (κ1) is 11.9. The van der Waals surface area contributed by atoms with Gasteiger partial charge in [0.1, 0.15) is 0 Å². The van der Waals surface area contributed by atoms with Crippen molar-refractivity contribution in [2.45, 2.75) is 95.3 Å². The summed E-state index contributed by atoms with van der Waals surface area (Å²) < 4.78 is 1.89. The molecule has 0 nitrogen and oxygen atoms in total. The molecule has 0 aromatic heterocycles. The molecule has 8 atom stereocenters. The van der Waals surface area contributed by atoms with Gasteiger partial charge >= 0.3 is 179 Å². The van der Waals surface area contributed by atoms with Crippen LogP contribution in [0, 0.1) is 0 Å². The van der Waals surface area contributed by atoms with E-state index in [4.69, 9.17) is 0 Å². The van der Waals surface area contributed by atoms with E-state index in [-0.39, 0.29) is 0 Å². The van der Waals surface area contributed by atoms with E-state index < -0.39 is 13.0 Å². The Morgan fingerprint density at radius 1 is 0.441 bits per heavy atom. The molecule has 20 saturated heterocycles. The molecule has 2 aromatic rings. The van der Waals surface area contributed by atoms with Gasteiger partial charge in [0.05, 0.1) is 0 Å². The summed E-state index contributed by atoms with van der Waals surface area (Å²) in [5.41, 5.74) is 7.92. The van der Waals surface area contributed by atoms with Crippen molar-refractivity contribution >= 4 is 0 Å². The van der Waals surface area contributed by atoms with Crippen molar-refractivity contribution in [3.8, 4) is 11.1 Å². The van der Waals surface area contributed by atoms with Crippen LogP contribution in [0.5, 0.6) is 0 Å². The second-order valence-corrected chi connectivity index (χ2v) is 69.6. The third kappa shape index (κ3) is 0.136. The van der Waals surface area contributed by atoms with Crippen molar-refractivity contribution < 1.29 is 13.0 Å². The van der Waals surface area contributed by atoms with Crippen LogP contribution in [0.25, 0.3) is 11.1 Å². The van der Waals surface area contributed by atoms with E-state index in [2.05, 4.69) is 59.7 Å². The minimum absolute atomic E-state index is 0.933. The van der Waals surface area contributed by atoms with E-state index in [0.717, 1.165) is 8.63 Å². The van der Waals surface area contributed by atoms with Crippen LogP contribution in [0.4, 0.5) is 0 Å². The molecule has 0 N–H and O–H groups in total. The second-order valence-electron chi connectivity index (χ2n) is 22.5. The molecule has 20 aliphatic heterocycles. The monoisotopic (exact) mass is 522 g/mol. The normalized spacial score (nSPS) is 120. The van der Waals surface area contributed by atoms with E-state index in [9.17, 15) is 0 Å². The quantitative estimate of drug-likeness (QED) is 0.353. The predicted octanol–water partition coefficient (Wildman–Crippen LogP) is 8.95. The first-order valence-corrected chi connectivity index (χ1v) is 27.5. The molecule has 0 saturated carbocycles. The Hall–Kier alpha value is -0.521. The Labute approximate surface area is 178 Å². The number of rotatable bonds is 3. The van der Waals surface area contributed by atoms with E-state index in [1.165, 1.54) is 86.7 Å². The van der Waals surface area contributed by atoms with Gasteiger partial charge in [0, 0.05) is 0 Å². The van der Waals surface area contributed by atoms with Crippen LogP contribution in [-0.4, -0.2) is 0 Å². The van der Waals surface area contributed by atoms with E-state index in [1.807, 2.05) is 5.56 Å². The molecule has 2 spiro atoms.